The lowest BCUT2D eigenvalue weighted by Crippen LogP contribution is -2.31. The monoisotopic (exact) mass is 193 g/mol. The first-order chi connectivity index (χ1) is 6.68. The molecule has 72 valence electrons. The molecule has 0 bridgehead atoms. The molecule has 4 nitrogen and oxygen atoms in total. The first-order valence-electron chi connectivity index (χ1n) is 4.07. The predicted molar refractivity (Wildman–Crippen MR) is 48.9 cm³/mol. The first kappa shape index (κ1) is 8.68. The number of guanidine groups is 1. The van der Waals surface area contributed by atoms with Gasteiger partial charge in [-0.3, -0.25) is 10.1 Å². The summed E-state index contributed by atoms with van der Waals surface area (Å²) >= 11 is 0. The number of amides is 1. The zero-order valence-electron chi connectivity index (χ0n) is 7.20. The number of carbonyl (C=O) groups is 1. The molecule has 0 spiro atoms. The van der Waals surface area contributed by atoms with E-state index in [9.17, 15) is 9.18 Å². The Labute approximate surface area is 79.6 Å². The second kappa shape index (κ2) is 3.10. The number of hydrogen-bond donors (Lipinski definition) is 2. The normalized spacial score (nSPS) is 20.5. The van der Waals surface area contributed by atoms with Crippen LogP contribution in [0.1, 0.15) is 11.6 Å². The highest BCUT2D eigenvalue weighted by Crippen LogP contribution is 2.22. The van der Waals surface area contributed by atoms with E-state index in [-0.39, 0.29) is 11.5 Å². The Balaban J connectivity index is 2.41. The zero-order chi connectivity index (χ0) is 10.1. The molecule has 1 amide bonds. The van der Waals surface area contributed by atoms with Crippen molar-refractivity contribution in [3.05, 3.63) is 35.6 Å². The van der Waals surface area contributed by atoms with Crippen LogP contribution in [0.5, 0.6) is 0 Å². The molecule has 1 heterocycles. The van der Waals surface area contributed by atoms with Crippen LogP contribution in [0.4, 0.5) is 4.39 Å². The van der Waals surface area contributed by atoms with E-state index in [1.807, 2.05) is 0 Å². The maximum absolute atomic E-state index is 13.3. The molecule has 0 aromatic heterocycles. The van der Waals surface area contributed by atoms with Gasteiger partial charge in [0.15, 0.2) is 12.0 Å². The predicted octanol–water partition coefficient (Wildman–Crippen LogP) is 0.311. The van der Waals surface area contributed by atoms with Crippen molar-refractivity contribution in [3.8, 4) is 0 Å². The Morgan fingerprint density at radius 2 is 2.14 bits per heavy atom. The van der Waals surface area contributed by atoms with E-state index in [2.05, 4.69) is 10.3 Å². The average Bonchev–Trinajstić information content (AvgIpc) is 2.46. The van der Waals surface area contributed by atoms with Crippen LogP contribution in [0.25, 0.3) is 0 Å². The lowest BCUT2D eigenvalue weighted by atomic mass is 10.1. The summed E-state index contributed by atoms with van der Waals surface area (Å²) in [6, 6.07) is 5.15. The molecule has 0 saturated carbocycles. The number of rotatable bonds is 1. The largest absolute Gasteiger partial charge is 0.370 e. The molecule has 1 aromatic carbocycles. The van der Waals surface area contributed by atoms with Gasteiger partial charge in [-0.25, -0.2) is 9.38 Å². The van der Waals surface area contributed by atoms with E-state index < -0.39 is 17.8 Å². The Morgan fingerprint density at radius 3 is 2.71 bits per heavy atom. The number of nitrogens with one attached hydrogen (secondary N) is 1. The van der Waals surface area contributed by atoms with Gasteiger partial charge in [0.05, 0.1) is 0 Å². The summed E-state index contributed by atoms with van der Waals surface area (Å²) in [5.74, 6) is -0.818. The number of aliphatic imine (C=N–C) groups is 1. The minimum atomic E-state index is -0.851. The van der Waals surface area contributed by atoms with Crippen LogP contribution in [0.3, 0.4) is 0 Å². The summed E-state index contributed by atoms with van der Waals surface area (Å²) in [5, 5.41) is 2.31. The van der Waals surface area contributed by atoms with Gasteiger partial charge < -0.3 is 5.73 Å². The van der Waals surface area contributed by atoms with Crippen LogP contribution in [-0.4, -0.2) is 11.9 Å². The highest BCUT2D eigenvalue weighted by molar-refractivity contribution is 6.04. The molecule has 1 aliphatic heterocycles. The van der Waals surface area contributed by atoms with Gasteiger partial charge in [0, 0.05) is 5.56 Å². The van der Waals surface area contributed by atoms with Gasteiger partial charge in [0.25, 0.3) is 5.91 Å². The Bertz CT molecular complexity index is 416. The van der Waals surface area contributed by atoms with Gasteiger partial charge in [0.2, 0.25) is 0 Å². The standard InChI is InChI=1S/C9H8FN3O/c10-6-4-2-1-3-5(6)7-8(14)13-9(11)12-7/h1-4,7H,(H3,11,12,13,14). The van der Waals surface area contributed by atoms with E-state index in [1.165, 1.54) is 12.1 Å². The molecule has 0 saturated heterocycles. The van der Waals surface area contributed by atoms with Crippen molar-refractivity contribution in [2.24, 2.45) is 10.7 Å². The summed E-state index contributed by atoms with van der Waals surface area (Å²) in [4.78, 5) is 15.1. The Kier molecular flexibility index (Phi) is 1.92. The topological polar surface area (TPSA) is 67.5 Å². The molecule has 0 radical (unpaired) electrons. The smallest absolute Gasteiger partial charge is 0.256 e. The first-order valence-corrected chi connectivity index (χ1v) is 4.07. The lowest BCUT2D eigenvalue weighted by Gasteiger charge is -2.05. The van der Waals surface area contributed by atoms with E-state index in [0.29, 0.717) is 0 Å². The van der Waals surface area contributed by atoms with Crippen molar-refractivity contribution in [2.45, 2.75) is 6.04 Å². The van der Waals surface area contributed by atoms with Crippen molar-refractivity contribution in [1.82, 2.24) is 5.32 Å². The summed E-state index contributed by atoms with van der Waals surface area (Å²) in [5.41, 5.74) is 5.54. The lowest BCUT2D eigenvalue weighted by molar-refractivity contribution is -0.120. The molecular formula is C9H8FN3O. The van der Waals surface area contributed by atoms with Gasteiger partial charge in [-0.15, -0.1) is 0 Å². The third kappa shape index (κ3) is 1.32. The van der Waals surface area contributed by atoms with Crippen LogP contribution < -0.4 is 11.1 Å². The molecule has 3 N–H and O–H groups in total. The Hall–Kier alpha value is -1.91. The summed E-state index contributed by atoms with van der Waals surface area (Å²) in [7, 11) is 0. The number of nitrogens with two attached hydrogens (primary N) is 1. The molecule has 0 aliphatic carbocycles. The minimum absolute atomic E-state index is 0.0308. The fourth-order valence-corrected chi connectivity index (χ4v) is 1.33. The maximum atomic E-state index is 13.3. The van der Waals surface area contributed by atoms with Crippen LogP contribution in [-0.2, 0) is 4.79 Å². The molecule has 1 aromatic rings. The molecule has 2 rings (SSSR count). The second-order valence-corrected chi connectivity index (χ2v) is 2.93. The summed E-state index contributed by atoms with van der Waals surface area (Å²) in [6.45, 7) is 0. The Morgan fingerprint density at radius 1 is 1.43 bits per heavy atom. The van der Waals surface area contributed by atoms with Crippen LogP contribution in [0, 0.1) is 5.82 Å². The second-order valence-electron chi connectivity index (χ2n) is 2.93. The van der Waals surface area contributed by atoms with E-state index in [4.69, 9.17) is 5.73 Å². The molecule has 1 aliphatic rings. The number of nitrogens with zero attached hydrogens (tertiary/aromatic N) is 1. The van der Waals surface area contributed by atoms with Crippen molar-refractivity contribution in [3.63, 3.8) is 0 Å². The van der Waals surface area contributed by atoms with Gasteiger partial charge in [-0.05, 0) is 6.07 Å². The molecule has 14 heavy (non-hydrogen) atoms. The molecule has 1 unspecified atom stereocenters. The third-order valence-corrected chi connectivity index (χ3v) is 1.97. The van der Waals surface area contributed by atoms with Gasteiger partial charge in [0.1, 0.15) is 5.82 Å². The highest BCUT2D eigenvalue weighted by atomic mass is 19.1. The number of carbonyl (C=O) groups excluding carboxylic acids is 1. The fraction of sp³-hybridized carbons (Fsp3) is 0.111. The summed E-state index contributed by atoms with van der Waals surface area (Å²) < 4.78 is 13.3. The minimum Gasteiger partial charge on any atom is -0.370 e. The van der Waals surface area contributed by atoms with Crippen LogP contribution in [0.15, 0.2) is 29.3 Å². The molecular weight excluding hydrogens is 185 g/mol. The quantitative estimate of drug-likeness (QED) is 0.674. The maximum Gasteiger partial charge on any atom is 0.256 e. The van der Waals surface area contributed by atoms with E-state index >= 15 is 0 Å². The number of hydrogen-bond acceptors (Lipinski definition) is 3. The van der Waals surface area contributed by atoms with Crippen molar-refractivity contribution in [2.75, 3.05) is 0 Å². The SMILES string of the molecule is NC1=NC(c2ccccc2F)C(=O)N1. The van der Waals surface area contributed by atoms with Gasteiger partial charge in [-0.2, -0.15) is 0 Å². The van der Waals surface area contributed by atoms with Crippen molar-refractivity contribution in [1.29, 1.82) is 0 Å². The third-order valence-electron chi connectivity index (χ3n) is 1.97. The van der Waals surface area contributed by atoms with E-state index in [1.54, 1.807) is 12.1 Å². The highest BCUT2D eigenvalue weighted by Gasteiger charge is 2.28. The number of benzene rings is 1. The fourth-order valence-electron chi connectivity index (χ4n) is 1.33. The molecule has 0 fully saturated rings. The van der Waals surface area contributed by atoms with Crippen molar-refractivity contribution >= 4 is 11.9 Å². The van der Waals surface area contributed by atoms with Crippen molar-refractivity contribution < 1.29 is 9.18 Å². The zero-order valence-corrected chi connectivity index (χ0v) is 7.20. The molecule has 1 atom stereocenters. The molecule has 5 heteroatoms. The summed E-state index contributed by atoms with van der Waals surface area (Å²) in [6.07, 6.45) is 0. The van der Waals surface area contributed by atoms with Crippen LogP contribution in [0.2, 0.25) is 0 Å². The van der Waals surface area contributed by atoms with Gasteiger partial charge >= 0.3 is 0 Å². The number of halogens is 1. The van der Waals surface area contributed by atoms with Crippen LogP contribution >= 0.6 is 0 Å². The van der Waals surface area contributed by atoms with E-state index in [0.717, 1.165) is 0 Å². The average molecular weight is 193 g/mol. The van der Waals surface area contributed by atoms with Gasteiger partial charge in [-0.1, -0.05) is 18.2 Å².